The SMILES string of the molecule is C=CC(=O)Nc1ccc(CC)cc1-c1n[nH]c2c1CCC(c1c(Cl)c(OC)cc(OC)c1Cl)=C2. The highest BCUT2D eigenvalue weighted by molar-refractivity contribution is 6.39. The van der Waals surface area contributed by atoms with Gasteiger partial charge in [0.2, 0.25) is 5.91 Å². The highest BCUT2D eigenvalue weighted by atomic mass is 35.5. The number of allylic oxidation sites excluding steroid dienone is 1. The maximum Gasteiger partial charge on any atom is 0.247 e. The summed E-state index contributed by atoms with van der Waals surface area (Å²) >= 11 is 13.3. The molecule has 0 atom stereocenters. The Hall–Kier alpha value is -3.22. The summed E-state index contributed by atoms with van der Waals surface area (Å²) in [4.78, 5) is 12.0. The van der Waals surface area contributed by atoms with E-state index in [1.807, 2.05) is 18.2 Å². The van der Waals surface area contributed by atoms with Gasteiger partial charge in [-0.15, -0.1) is 0 Å². The van der Waals surface area contributed by atoms with Gasteiger partial charge in [-0.3, -0.25) is 9.89 Å². The minimum Gasteiger partial charge on any atom is -0.495 e. The Morgan fingerprint density at radius 2 is 1.88 bits per heavy atom. The number of rotatable bonds is 7. The molecule has 176 valence electrons. The third kappa shape index (κ3) is 4.31. The maximum absolute atomic E-state index is 12.0. The Labute approximate surface area is 208 Å². The number of amides is 1. The average Bonchev–Trinajstić information content (AvgIpc) is 3.27. The Bertz CT molecular complexity index is 1280. The number of anilines is 1. The Morgan fingerprint density at radius 3 is 2.50 bits per heavy atom. The molecule has 34 heavy (non-hydrogen) atoms. The van der Waals surface area contributed by atoms with Gasteiger partial charge in [0.25, 0.3) is 0 Å². The van der Waals surface area contributed by atoms with E-state index in [-0.39, 0.29) is 5.91 Å². The number of carbonyl (C=O) groups is 1. The van der Waals surface area contributed by atoms with Gasteiger partial charge in [0, 0.05) is 22.8 Å². The molecule has 2 aromatic carbocycles. The molecular formula is C26H25Cl2N3O3. The molecule has 4 rings (SSSR count). The molecule has 8 heteroatoms. The van der Waals surface area contributed by atoms with Crippen LogP contribution in [0.5, 0.6) is 11.5 Å². The lowest BCUT2D eigenvalue weighted by atomic mass is 9.89. The van der Waals surface area contributed by atoms with E-state index in [1.165, 1.54) is 6.08 Å². The average molecular weight is 498 g/mol. The first-order valence-corrected chi connectivity index (χ1v) is 11.6. The zero-order valence-electron chi connectivity index (χ0n) is 19.2. The highest BCUT2D eigenvalue weighted by Crippen LogP contribution is 2.47. The second kappa shape index (κ2) is 9.95. The number of hydrogen-bond acceptors (Lipinski definition) is 4. The van der Waals surface area contributed by atoms with Crippen molar-refractivity contribution >= 4 is 46.4 Å². The predicted octanol–water partition coefficient (Wildman–Crippen LogP) is 6.57. The molecule has 0 saturated heterocycles. The zero-order chi connectivity index (χ0) is 24.4. The van der Waals surface area contributed by atoms with Crippen molar-refractivity contribution in [3.05, 3.63) is 69.3 Å². The molecule has 0 bridgehead atoms. The standard InChI is InChI=1S/C26H25Cl2N3O3/c1-5-14-7-10-18(29-22(32)6-2)17(11-14)26-16-9-8-15(12-19(16)30-31-26)23-24(27)20(33-3)13-21(34-4)25(23)28/h6-7,10-13H,2,5,8-9H2,1,3-4H3,(H,29,32)(H,30,31). The Balaban J connectivity index is 1.81. The van der Waals surface area contributed by atoms with Crippen LogP contribution in [0.1, 0.15) is 35.7 Å². The van der Waals surface area contributed by atoms with Crippen LogP contribution in [-0.4, -0.2) is 30.3 Å². The van der Waals surface area contributed by atoms with E-state index in [0.29, 0.717) is 45.6 Å². The summed E-state index contributed by atoms with van der Waals surface area (Å²) in [5, 5.41) is 11.5. The smallest absolute Gasteiger partial charge is 0.247 e. The fourth-order valence-corrected chi connectivity index (χ4v) is 4.89. The van der Waals surface area contributed by atoms with Gasteiger partial charge < -0.3 is 14.8 Å². The number of aryl methyl sites for hydroxylation is 1. The van der Waals surface area contributed by atoms with Gasteiger partial charge in [0.15, 0.2) is 0 Å². The van der Waals surface area contributed by atoms with E-state index in [2.05, 4.69) is 35.1 Å². The van der Waals surface area contributed by atoms with Crippen LogP contribution in [0.25, 0.3) is 22.9 Å². The summed E-state index contributed by atoms with van der Waals surface area (Å²) in [6, 6.07) is 7.65. The first-order valence-electron chi connectivity index (χ1n) is 10.9. The van der Waals surface area contributed by atoms with Gasteiger partial charge in [0.05, 0.1) is 41.3 Å². The van der Waals surface area contributed by atoms with Crippen LogP contribution in [0.3, 0.4) is 0 Å². The number of methoxy groups -OCH3 is 2. The molecule has 0 fully saturated rings. The first-order chi connectivity index (χ1) is 16.4. The number of H-pyrrole nitrogens is 1. The Kier molecular flexibility index (Phi) is 7.00. The van der Waals surface area contributed by atoms with Gasteiger partial charge >= 0.3 is 0 Å². The second-order valence-corrected chi connectivity index (χ2v) is 8.60. The lowest BCUT2D eigenvalue weighted by Gasteiger charge is -2.20. The third-order valence-electron chi connectivity index (χ3n) is 5.95. The number of halogens is 2. The fourth-order valence-electron chi connectivity index (χ4n) is 4.14. The maximum atomic E-state index is 12.0. The first kappa shape index (κ1) is 23.9. The molecular weight excluding hydrogens is 473 g/mol. The quantitative estimate of drug-likeness (QED) is 0.361. The number of carbonyl (C=O) groups excluding carboxylic acids is 1. The van der Waals surface area contributed by atoms with E-state index < -0.39 is 0 Å². The van der Waals surface area contributed by atoms with Crippen molar-refractivity contribution in [2.75, 3.05) is 19.5 Å². The van der Waals surface area contributed by atoms with Crippen LogP contribution < -0.4 is 14.8 Å². The highest BCUT2D eigenvalue weighted by Gasteiger charge is 2.26. The van der Waals surface area contributed by atoms with Crippen molar-refractivity contribution in [2.45, 2.75) is 26.2 Å². The number of benzene rings is 2. The molecule has 1 aromatic heterocycles. The Morgan fingerprint density at radius 1 is 1.18 bits per heavy atom. The van der Waals surface area contributed by atoms with Gasteiger partial charge in [-0.05, 0) is 54.7 Å². The van der Waals surface area contributed by atoms with Gasteiger partial charge in [-0.25, -0.2) is 0 Å². The monoisotopic (exact) mass is 497 g/mol. The zero-order valence-corrected chi connectivity index (χ0v) is 20.7. The molecule has 0 saturated carbocycles. The molecule has 1 aliphatic carbocycles. The van der Waals surface area contributed by atoms with Crippen LogP contribution in [0.4, 0.5) is 5.69 Å². The predicted molar refractivity (Wildman–Crippen MR) is 138 cm³/mol. The molecule has 0 spiro atoms. The van der Waals surface area contributed by atoms with Gasteiger partial charge in [0.1, 0.15) is 11.5 Å². The minimum absolute atomic E-state index is 0.270. The van der Waals surface area contributed by atoms with Crippen molar-refractivity contribution in [3.8, 4) is 22.8 Å². The van der Waals surface area contributed by atoms with Crippen molar-refractivity contribution in [2.24, 2.45) is 0 Å². The molecule has 0 aliphatic heterocycles. The lowest BCUT2D eigenvalue weighted by Crippen LogP contribution is -2.09. The minimum atomic E-state index is -0.270. The van der Waals surface area contributed by atoms with Crippen LogP contribution in [0.2, 0.25) is 10.0 Å². The van der Waals surface area contributed by atoms with Crippen LogP contribution in [0.15, 0.2) is 36.9 Å². The van der Waals surface area contributed by atoms with Crippen LogP contribution >= 0.6 is 23.2 Å². The number of nitrogens with one attached hydrogen (secondary N) is 2. The number of aromatic amines is 1. The molecule has 3 aromatic rings. The summed E-state index contributed by atoms with van der Waals surface area (Å²) in [6.07, 6.45) is 5.53. The number of ether oxygens (including phenoxy) is 2. The molecule has 2 N–H and O–H groups in total. The third-order valence-corrected chi connectivity index (χ3v) is 6.70. The number of hydrogen-bond donors (Lipinski definition) is 2. The molecule has 1 amide bonds. The summed E-state index contributed by atoms with van der Waals surface area (Å²) in [5.41, 5.74) is 7.09. The van der Waals surface area contributed by atoms with E-state index in [1.54, 1.807) is 20.3 Å². The van der Waals surface area contributed by atoms with Crippen molar-refractivity contribution in [1.29, 1.82) is 0 Å². The van der Waals surface area contributed by atoms with E-state index >= 15 is 0 Å². The van der Waals surface area contributed by atoms with Crippen molar-refractivity contribution < 1.29 is 14.3 Å². The van der Waals surface area contributed by atoms with Crippen LogP contribution in [0, 0.1) is 0 Å². The number of aromatic nitrogens is 2. The van der Waals surface area contributed by atoms with Crippen molar-refractivity contribution in [3.63, 3.8) is 0 Å². The molecule has 0 unspecified atom stereocenters. The van der Waals surface area contributed by atoms with E-state index in [4.69, 9.17) is 32.7 Å². The number of nitrogens with zero attached hydrogens (tertiary/aromatic N) is 1. The second-order valence-electron chi connectivity index (χ2n) is 7.84. The van der Waals surface area contributed by atoms with E-state index in [9.17, 15) is 4.79 Å². The molecule has 0 radical (unpaired) electrons. The molecule has 6 nitrogen and oxygen atoms in total. The normalized spacial score (nSPS) is 12.6. The summed E-state index contributed by atoms with van der Waals surface area (Å²) in [5.74, 6) is 0.719. The molecule has 1 heterocycles. The van der Waals surface area contributed by atoms with Crippen LogP contribution in [-0.2, 0) is 17.6 Å². The van der Waals surface area contributed by atoms with E-state index in [0.717, 1.165) is 40.1 Å². The largest absolute Gasteiger partial charge is 0.495 e. The summed E-state index contributed by atoms with van der Waals surface area (Å²) < 4.78 is 10.8. The number of fused-ring (bicyclic) bond motifs is 1. The van der Waals surface area contributed by atoms with Gasteiger partial charge in [-0.1, -0.05) is 42.8 Å². The lowest BCUT2D eigenvalue weighted by molar-refractivity contribution is -0.111. The summed E-state index contributed by atoms with van der Waals surface area (Å²) in [6.45, 7) is 5.64. The molecule has 1 aliphatic rings. The van der Waals surface area contributed by atoms with Gasteiger partial charge in [-0.2, -0.15) is 5.10 Å². The fraction of sp³-hybridized carbons (Fsp3) is 0.231. The summed E-state index contributed by atoms with van der Waals surface area (Å²) in [7, 11) is 3.11. The topological polar surface area (TPSA) is 76.2 Å². The van der Waals surface area contributed by atoms with Crippen molar-refractivity contribution in [1.82, 2.24) is 10.2 Å².